The number of carbonyl (C=O) groups is 2. The summed E-state index contributed by atoms with van der Waals surface area (Å²) >= 11 is 1.51. The normalized spacial score (nSPS) is 10.9. The molecule has 7 nitrogen and oxygen atoms in total. The number of carbonyl (C=O) groups excluding carboxylic acids is 2. The van der Waals surface area contributed by atoms with Crippen LogP contribution in [0.5, 0.6) is 0 Å². The van der Waals surface area contributed by atoms with Crippen LogP contribution in [-0.4, -0.2) is 55.9 Å². The molecule has 0 aliphatic rings. The summed E-state index contributed by atoms with van der Waals surface area (Å²) in [5.41, 5.74) is 4.60. The first-order valence-electron chi connectivity index (χ1n) is 14.8. The number of alkyl halides is 2. The van der Waals surface area contributed by atoms with Gasteiger partial charge in [0.2, 0.25) is 0 Å². The minimum absolute atomic E-state index is 0.00801. The molecular weight excluding hydrogens is 592 g/mol. The Morgan fingerprint density at radius 1 is 0.911 bits per heavy atom. The highest BCUT2D eigenvalue weighted by Gasteiger charge is 2.24. The predicted octanol–water partition coefficient (Wildman–Crippen LogP) is 6.81. The smallest absolute Gasteiger partial charge is 0.270 e. The maximum Gasteiger partial charge on any atom is 0.270 e. The molecule has 4 rings (SSSR count). The summed E-state index contributed by atoms with van der Waals surface area (Å²) in [7, 11) is 5.44. The molecule has 2 N–H and O–H groups in total. The van der Waals surface area contributed by atoms with Gasteiger partial charge in [0, 0.05) is 74.6 Å². The highest BCUT2D eigenvalue weighted by atomic mass is 32.1. The van der Waals surface area contributed by atoms with Gasteiger partial charge in [-0.2, -0.15) is 0 Å². The summed E-state index contributed by atoms with van der Waals surface area (Å²) < 4.78 is 27.0. The van der Waals surface area contributed by atoms with Crippen LogP contribution < -0.4 is 15.5 Å². The minimum Gasteiger partial charge on any atom is -0.378 e. The number of thiazole rings is 1. The predicted molar refractivity (Wildman–Crippen MR) is 179 cm³/mol. The van der Waals surface area contributed by atoms with Gasteiger partial charge in [0.15, 0.2) is 0 Å². The Bertz CT molecular complexity index is 1540. The lowest BCUT2D eigenvalue weighted by atomic mass is 10.1. The van der Waals surface area contributed by atoms with Gasteiger partial charge in [-0.1, -0.05) is 54.1 Å². The quantitative estimate of drug-likeness (QED) is 0.167. The summed E-state index contributed by atoms with van der Waals surface area (Å²) in [6.07, 6.45) is 0.657. The molecule has 4 aromatic rings. The Kier molecular flexibility index (Phi) is 13.2. The van der Waals surface area contributed by atoms with Gasteiger partial charge < -0.3 is 20.4 Å². The lowest BCUT2D eigenvalue weighted by molar-refractivity contribution is 0.0174. The minimum atomic E-state index is -2.87. The molecule has 2 amide bonds. The topological polar surface area (TPSA) is 77.6 Å². The van der Waals surface area contributed by atoms with Gasteiger partial charge in [0.05, 0.1) is 6.54 Å². The number of hydrogen-bond donors (Lipinski definition) is 2. The van der Waals surface area contributed by atoms with E-state index >= 15 is 0 Å². The molecule has 0 radical (unpaired) electrons. The van der Waals surface area contributed by atoms with Crippen molar-refractivity contribution in [3.8, 4) is 0 Å². The molecule has 10 heteroatoms. The third-order valence-corrected chi connectivity index (χ3v) is 7.80. The molecule has 45 heavy (non-hydrogen) atoms. The van der Waals surface area contributed by atoms with E-state index in [1.54, 1.807) is 42.3 Å². The molecule has 3 aromatic carbocycles. The van der Waals surface area contributed by atoms with Crippen molar-refractivity contribution in [2.75, 3.05) is 39.1 Å². The third kappa shape index (κ3) is 11.7. The van der Waals surface area contributed by atoms with Crippen molar-refractivity contribution in [1.82, 2.24) is 20.5 Å². The van der Waals surface area contributed by atoms with Crippen LogP contribution in [0.25, 0.3) is 0 Å². The van der Waals surface area contributed by atoms with E-state index in [9.17, 15) is 18.4 Å². The molecule has 0 spiro atoms. The Labute approximate surface area is 269 Å². The van der Waals surface area contributed by atoms with Crippen molar-refractivity contribution >= 4 is 28.8 Å². The zero-order valence-corrected chi connectivity index (χ0v) is 27.7. The fourth-order valence-electron chi connectivity index (χ4n) is 4.33. The first-order valence-corrected chi connectivity index (χ1v) is 15.7. The van der Waals surface area contributed by atoms with Crippen LogP contribution in [0.2, 0.25) is 0 Å². The molecule has 0 saturated carbocycles. The average molecular weight is 636 g/mol. The second kappa shape index (κ2) is 16.8. The van der Waals surface area contributed by atoms with Crippen molar-refractivity contribution in [1.29, 1.82) is 0 Å². The van der Waals surface area contributed by atoms with Crippen molar-refractivity contribution < 1.29 is 18.4 Å². The van der Waals surface area contributed by atoms with Crippen LogP contribution in [-0.2, 0) is 19.0 Å². The van der Waals surface area contributed by atoms with Crippen LogP contribution in [0.1, 0.15) is 61.5 Å². The first-order chi connectivity index (χ1) is 21.3. The molecule has 0 atom stereocenters. The Hall–Kier alpha value is -4.15. The number of halogens is 2. The number of anilines is 1. The van der Waals surface area contributed by atoms with Crippen molar-refractivity contribution in [2.45, 2.75) is 46.2 Å². The molecule has 240 valence electrons. The summed E-state index contributed by atoms with van der Waals surface area (Å²) in [4.78, 5) is 33.9. The third-order valence-electron chi connectivity index (χ3n) is 6.85. The monoisotopic (exact) mass is 635 g/mol. The number of hydrogen-bond acceptors (Lipinski definition) is 6. The molecule has 0 unspecified atom stereocenters. The largest absolute Gasteiger partial charge is 0.378 e. The van der Waals surface area contributed by atoms with E-state index < -0.39 is 5.92 Å². The van der Waals surface area contributed by atoms with Crippen LogP contribution in [0.4, 0.5) is 14.5 Å². The molecule has 0 aliphatic heterocycles. The Morgan fingerprint density at radius 3 is 2.22 bits per heavy atom. The number of amides is 2. The Balaban J connectivity index is 0.000000693. The fraction of sp³-hybridized carbons (Fsp3) is 0.343. The van der Waals surface area contributed by atoms with Crippen molar-refractivity contribution in [3.05, 3.63) is 117 Å². The second-order valence-electron chi connectivity index (χ2n) is 11.2. The van der Waals surface area contributed by atoms with Gasteiger partial charge in [-0.05, 0) is 56.6 Å². The Morgan fingerprint density at radius 2 is 1.62 bits per heavy atom. The van der Waals surface area contributed by atoms with Crippen LogP contribution in [0.15, 0.2) is 78.2 Å². The summed E-state index contributed by atoms with van der Waals surface area (Å²) in [6, 6.07) is 21.8. The molecular formula is C35H43F2N5O2S. The van der Waals surface area contributed by atoms with E-state index in [4.69, 9.17) is 0 Å². The molecule has 0 bridgehead atoms. The SMILES string of the molecule is Cc1ccccc1.Cc1csc(CN(C)C(=O)c2cc(C(=O)NCCCNCc3cccc(C(C)(F)F)c3)cc(N(C)C)c2)n1. The van der Waals surface area contributed by atoms with Crippen LogP contribution >= 0.6 is 11.3 Å². The molecule has 0 fully saturated rings. The number of nitrogens with zero attached hydrogens (tertiary/aromatic N) is 3. The van der Waals surface area contributed by atoms with Crippen molar-refractivity contribution in [2.24, 2.45) is 0 Å². The number of benzene rings is 3. The number of nitrogens with one attached hydrogen (secondary N) is 2. The highest BCUT2D eigenvalue weighted by molar-refractivity contribution is 7.09. The van der Waals surface area contributed by atoms with Crippen LogP contribution in [0.3, 0.4) is 0 Å². The lowest BCUT2D eigenvalue weighted by Crippen LogP contribution is -2.29. The van der Waals surface area contributed by atoms with Gasteiger partial charge in [-0.25, -0.2) is 13.8 Å². The maximum absolute atomic E-state index is 13.5. The van der Waals surface area contributed by atoms with E-state index in [2.05, 4.69) is 34.7 Å². The summed E-state index contributed by atoms with van der Waals surface area (Å²) in [6.45, 7) is 6.77. The number of rotatable bonds is 12. The standard InChI is InChI=1S/C28H35F2N5O2S.C7H8/c1-19-18-38-25(33-19)17-35(5)27(37)22-13-21(14-24(15-22)34(3)4)26(36)32-11-7-10-31-16-20-8-6-9-23(12-20)28(2,29)30;1-7-5-3-2-4-6-7/h6,8-9,12-15,18,31H,7,10-11,16-17H2,1-5H3,(H,32,36);2-6H,1H3. The highest BCUT2D eigenvalue weighted by Crippen LogP contribution is 2.27. The van der Waals surface area contributed by atoms with E-state index in [1.807, 2.05) is 49.5 Å². The fourth-order valence-corrected chi connectivity index (χ4v) is 5.16. The van der Waals surface area contributed by atoms with E-state index in [0.29, 0.717) is 43.7 Å². The maximum atomic E-state index is 13.5. The zero-order chi connectivity index (χ0) is 33.0. The van der Waals surface area contributed by atoms with Crippen molar-refractivity contribution in [3.63, 3.8) is 0 Å². The zero-order valence-electron chi connectivity index (χ0n) is 26.9. The second-order valence-corrected chi connectivity index (χ2v) is 12.2. The summed E-state index contributed by atoms with van der Waals surface area (Å²) in [5, 5.41) is 8.92. The average Bonchev–Trinajstić information content (AvgIpc) is 3.42. The van der Waals surface area contributed by atoms with E-state index in [-0.39, 0.29) is 17.4 Å². The molecule has 0 saturated heterocycles. The van der Waals surface area contributed by atoms with Gasteiger partial charge in [-0.15, -0.1) is 11.3 Å². The molecule has 1 heterocycles. The van der Waals surface area contributed by atoms with E-state index in [0.717, 1.165) is 28.9 Å². The molecule has 1 aromatic heterocycles. The number of aryl methyl sites for hydroxylation is 2. The first kappa shape index (κ1) is 35.3. The number of aromatic nitrogens is 1. The lowest BCUT2D eigenvalue weighted by Gasteiger charge is -2.19. The summed E-state index contributed by atoms with van der Waals surface area (Å²) in [5.74, 6) is -3.33. The molecule has 0 aliphatic carbocycles. The van der Waals surface area contributed by atoms with Gasteiger partial charge in [0.25, 0.3) is 17.7 Å². The van der Waals surface area contributed by atoms with Crippen LogP contribution in [0, 0.1) is 13.8 Å². The van der Waals surface area contributed by atoms with Gasteiger partial charge in [-0.3, -0.25) is 9.59 Å². The van der Waals surface area contributed by atoms with E-state index in [1.165, 1.54) is 29.0 Å². The van der Waals surface area contributed by atoms with Gasteiger partial charge in [0.1, 0.15) is 5.01 Å². The van der Waals surface area contributed by atoms with Gasteiger partial charge >= 0.3 is 0 Å².